The Kier molecular flexibility index (Phi) is 6.37. The van der Waals surface area contributed by atoms with Crippen LogP contribution in [0.2, 0.25) is 0 Å². The summed E-state index contributed by atoms with van der Waals surface area (Å²) in [7, 11) is 1.99. The van der Waals surface area contributed by atoms with Crippen molar-refractivity contribution in [2.24, 2.45) is 15.2 Å². The minimum absolute atomic E-state index is 0.0378. The molecule has 2 N–H and O–H groups in total. The van der Waals surface area contributed by atoms with Crippen LogP contribution in [0.5, 0.6) is 5.75 Å². The van der Waals surface area contributed by atoms with Crippen molar-refractivity contribution < 1.29 is 9.90 Å². The lowest BCUT2D eigenvalue weighted by atomic mass is 10.0. The molecular formula is C21H25N5O2S2. The lowest BCUT2D eigenvalue weighted by Crippen LogP contribution is -2.47. The number of carbonyl (C=O) groups excluding carboxylic acids is 1. The van der Waals surface area contributed by atoms with Crippen molar-refractivity contribution in [1.82, 2.24) is 10.2 Å². The molecule has 3 aliphatic rings. The van der Waals surface area contributed by atoms with Crippen LogP contribution >= 0.6 is 23.5 Å². The van der Waals surface area contributed by atoms with Gasteiger partial charge in [-0.2, -0.15) is 10.2 Å². The number of terminal acetylenes is 1. The molecule has 1 aromatic rings. The Labute approximate surface area is 185 Å². The third-order valence-corrected chi connectivity index (χ3v) is 8.24. The smallest absolute Gasteiger partial charge is 0.238 e. The molecule has 30 heavy (non-hydrogen) atoms. The summed E-state index contributed by atoms with van der Waals surface area (Å²) in [5, 5.41) is 22.4. The number of rotatable bonds is 8. The summed E-state index contributed by atoms with van der Waals surface area (Å²) >= 11 is 3.43. The maximum absolute atomic E-state index is 12.7. The summed E-state index contributed by atoms with van der Waals surface area (Å²) in [4.78, 5) is 19.7. The summed E-state index contributed by atoms with van der Waals surface area (Å²) in [5.74, 6) is 4.50. The third kappa shape index (κ3) is 4.51. The lowest BCUT2D eigenvalue weighted by molar-refractivity contribution is -0.125. The zero-order valence-corrected chi connectivity index (χ0v) is 18.5. The molecule has 9 heteroatoms. The summed E-state index contributed by atoms with van der Waals surface area (Å²) in [5.41, 5.74) is 0.410. The molecule has 3 aliphatic heterocycles. The molecule has 0 bridgehead atoms. The van der Waals surface area contributed by atoms with Gasteiger partial charge in [-0.3, -0.25) is 14.7 Å². The van der Waals surface area contributed by atoms with Gasteiger partial charge in [0.25, 0.3) is 0 Å². The Hall–Kier alpha value is -2.02. The van der Waals surface area contributed by atoms with E-state index < -0.39 is 0 Å². The maximum atomic E-state index is 12.7. The number of carbonyl (C=O) groups is 1. The predicted octanol–water partition coefficient (Wildman–Crippen LogP) is 2.71. The highest BCUT2D eigenvalue weighted by atomic mass is 32.2. The number of amides is 1. The molecule has 0 spiro atoms. The Morgan fingerprint density at radius 1 is 1.37 bits per heavy atom. The van der Waals surface area contributed by atoms with Crippen molar-refractivity contribution >= 4 is 34.5 Å². The summed E-state index contributed by atoms with van der Waals surface area (Å²) in [6.45, 7) is 0.547. The van der Waals surface area contributed by atoms with E-state index in [9.17, 15) is 9.90 Å². The Balaban J connectivity index is 1.30. The minimum atomic E-state index is -0.367. The number of benzene rings is 1. The first kappa shape index (κ1) is 21.2. The molecule has 0 aromatic heterocycles. The predicted molar refractivity (Wildman–Crippen MR) is 122 cm³/mol. The molecule has 1 unspecified atom stereocenters. The molecule has 0 aliphatic carbocycles. The zero-order chi connectivity index (χ0) is 21.1. The largest absolute Gasteiger partial charge is 0.507 e. The quantitative estimate of drug-likeness (QED) is 0.603. The number of phenols is 1. The van der Waals surface area contributed by atoms with E-state index >= 15 is 0 Å². The SMILES string of the molecule is C#CCCC1(CCNC(=O)[C@H]2CS[C@@H](C3CSC(c4ccccc4O)=N3)N2C)N=N1. The lowest BCUT2D eigenvalue weighted by Gasteiger charge is -2.26. The molecule has 3 heterocycles. The molecule has 1 saturated heterocycles. The van der Waals surface area contributed by atoms with Gasteiger partial charge in [0.1, 0.15) is 10.8 Å². The second-order valence-electron chi connectivity index (χ2n) is 7.66. The van der Waals surface area contributed by atoms with Gasteiger partial charge in [0.2, 0.25) is 5.91 Å². The number of nitrogens with one attached hydrogen (secondary N) is 1. The summed E-state index contributed by atoms with van der Waals surface area (Å²) < 4.78 is 0. The zero-order valence-electron chi connectivity index (χ0n) is 16.8. The van der Waals surface area contributed by atoms with Crippen molar-refractivity contribution in [3.05, 3.63) is 29.8 Å². The summed E-state index contributed by atoms with van der Waals surface area (Å²) in [6.07, 6.45) is 7.41. The Morgan fingerprint density at radius 2 is 2.17 bits per heavy atom. The van der Waals surface area contributed by atoms with Crippen LogP contribution in [0.3, 0.4) is 0 Å². The number of aliphatic imine (C=N–C) groups is 1. The molecule has 1 fully saturated rings. The number of para-hydroxylation sites is 1. The molecule has 4 rings (SSSR count). The number of likely N-dealkylation sites (N-methyl/N-ethyl adjacent to an activating group) is 1. The number of nitrogens with zero attached hydrogens (tertiary/aromatic N) is 4. The molecule has 158 valence electrons. The molecule has 0 saturated carbocycles. The Morgan fingerprint density at radius 3 is 2.90 bits per heavy atom. The fourth-order valence-corrected chi connectivity index (χ4v) is 6.53. The highest BCUT2D eigenvalue weighted by Crippen LogP contribution is 2.38. The van der Waals surface area contributed by atoms with Crippen LogP contribution in [-0.2, 0) is 4.79 Å². The standard InChI is InChI=1S/C21H25N5O2S2/c1-3-4-9-21(24-25-21)10-11-22-18(28)16-13-30-20(26(16)2)15-12-29-19(23-15)14-7-5-6-8-17(14)27/h1,5-8,15-16,20,27H,4,9-13H2,2H3,(H,22,28)/t15?,16-,20+/m1/s1. The minimum Gasteiger partial charge on any atom is -0.507 e. The van der Waals surface area contributed by atoms with Crippen LogP contribution in [0.25, 0.3) is 0 Å². The monoisotopic (exact) mass is 443 g/mol. The van der Waals surface area contributed by atoms with E-state index in [1.807, 2.05) is 25.2 Å². The first-order valence-corrected chi connectivity index (χ1v) is 12.0. The van der Waals surface area contributed by atoms with Crippen LogP contribution in [-0.4, -0.2) is 69.2 Å². The van der Waals surface area contributed by atoms with Crippen LogP contribution < -0.4 is 5.32 Å². The van der Waals surface area contributed by atoms with Crippen molar-refractivity contribution in [2.75, 3.05) is 25.1 Å². The van der Waals surface area contributed by atoms with Crippen LogP contribution in [0.15, 0.2) is 39.5 Å². The molecular weight excluding hydrogens is 418 g/mol. The molecule has 7 nitrogen and oxygen atoms in total. The van der Waals surface area contributed by atoms with Gasteiger partial charge in [-0.05, 0) is 19.2 Å². The fraction of sp³-hybridized carbons (Fsp3) is 0.524. The van der Waals surface area contributed by atoms with E-state index in [1.54, 1.807) is 29.6 Å². The van der Waals surface area contributed by atoms with E-state index in [1.165, 1.54) is 0 Å². The first-order valence-electron chi connectivity index (χ1n) is 10.0. The van der Waals surface area contributed by atoms with E-state index in [4.69, 9.17) is 11.4 Å². The van der Waals surface area contributed by atoms with Crippen LogP contribution in [0.4, 0.5) is 0 Å². The third-order valence-electron chi connectivity index (χ3n) is 5.64. The second-order valence-corrected chi connectivity index (χ2v) is 9.82. The Bertz CT molecular complexity index is 907. The molecule has 3 atom stereocenters. The number of hydrogen-bond acceptors (Lipinski definition) is 8. The van der Waals surface area contributed by atoms with Crippen molar-refractivity contribution in [3.8, 4) is 18.1 Å². The van der Waals surface area contributed by atoms with Crippen molar-refractivity contribution in [3.63, 3.8) is 0 Å². The molecule has 1 aromatic carbocycles. The first-order chi connectivity index (χ1) is 14.5. The molecule has 0 radical (unpaired) electrons. The van der Waals surface area contributed by atoms with E-state index in [-0.39, 0.29) is 34.8 Å². The van der Waals surface area contributed by atoms with E-state index in [0.717, 1.165) is 28.5 Å². The van der Waals surface area contributed by atoms with Crippen molar-refractivity contribution in [1.29, 1.82) is 0 Å². The number of aromatic hydroxyl groups is 1. The van der Waals surface area contributed by atoms with Gasteiger partial charge in [0.15, 0.2) is 5.66 Å². The maximum Gasteiger partial charge on any atom is 0.238 e. The average Bonchev–Trinajstić information content (AvgIpc) is 3.15. The topological polar surface area (TPSA) is 89.6 Å². The normalized spacial score (nSPS) is 26.9. The van der Waals surface area contributed by atoms with Crippen molar-refractivity contribution in [2.45, 2.75) is 42.4 Å². The van der Waals surface area contributed by atoms with E-state index in [0.29, 0.717) is 19.4 Å². The number of hydrogen-bond donors (Lipinski definition) is 2. The van der Waals surface area contributed by atoms with Gasteiger partial charge in [-0.15, -0.1) is 35.9 Å². The van der Waals surface area contributed by atoms with E-state index in [2.05, 4.69) is 26.4 Å². The number of thioether (sulfide) groups is 2. The van der Waals surface area contributed by atoms with Gasteiger partial charge >= 0.3 is 0 Å². The van der Waals surface area contributed by atoms with Gasteiger partial charge in [-0.1, -0.05) is 12.1 Å². The summed E-state index contributed by atoms with van der Waals surface area (Å²) in [6, 6.07) is 7.20. The van der Waals surface area contributed by atoms with Gasteiger partial charge < -0.3 is 10.4 Å². The number of phenolic OH excluding ortho intramolecular Hbond substituents is 1. The van der Waals surface area contributed by atoms with Crippen LogP contribution in [0.1, 0.15) is 24.8 Å². The average molecular weight is 444 g/mol. The van der Waals surface area contributed by atoms with Gasteiger partial charge in [0, 0.05) is 42.9 Å². The molecule has 1 amide bonds. The highest BCUT2D eigenvalue weighted by molar-refractivity contribution is 8.14. The highest BCUT2D eigenvalue weighted by Gasteiger charge is 2.42. The second kappa shape index (κ2) is 9.00. The van der Waals surface area contributed by atoms with Crippen LogP contribution in [0, 0.1) is 12.3 Å². The van der Waals surface area contributed by atoms with Gasteiger partial charge in [0.05, 0.1) is 17.5 Å². The fourth-order valence-electron chi connectivity index (χ4n) is 3.75. The van der Waals surface area contributed by atoms with Gasteiger partial charge in [-0.25, -0.2) is 0 Å².